The first-order chi connectivity index (χ1) is 5.77. The van der Waals surface area contributed by atoms with Crippen LogP contribution in [0.15, 0.2) is 23.3 Å². The number of benzene rings is 1. The summed E-state index contributed by atoms with van der Waals surface area (Å²) >= 11 is 0. The fraction of sp³-hybridized carbons (Fsp3) is 0.300. The zero-order chi connectivity index (χ0) is 8.97. The SMILES string of the molecule is CCc1ccc(N=[N+]=[N-])c(C)c1.[CH3-].[Y]. The molecule has 1 radical (unpaired) electrons. The van der Waals surface area contributed by atoms with Gasteiger partial charge in [0.2, 0.25) is 0 Å². The standard InChI is InChI=1S/C9H11N3.CH3.Y/c1-3-8-4-5-9(11-12-10)7(2)6-8;;/h4-6H,3H2,1-2H3;1H3;/q;-1;. The van der Waals surface area contributed by atoms with Gasteiger partial charge in [0.25, 0.3) is 0 Å². The average molecular weight is 265 g/mol. The van der Waals surface area contributed by atoms with Crippen molar-refractivity contribution in [3.8, 4) is 0 Å². The molecule has 0 saturated carbocycles. The molecule has 0 aromatic heterocycles. The molecule has 0 aliphatic heterocycles. The van der Waals surface area contributed by atoms with E-state index < -0.39 is 0 Å². The largest absolute Gasteiger partial charge is 0.358 e. The molecule has 0 amide bonds. The summed E-state index contributed by atoms with van der Waals surface area (Å²) in [7, 11) is 0. The van der Waals surface area contributed by atoms with Crippen molar-refractivity contribution in [2.75, 3.05) is 0 Å². The molecule has 73 valence electrons. The summed E-state index contributed by atoms with van der Waals surface area (Å²) in [5.74, 6) is 0. The van der Waals surface area contributed by atoms with Crippen molar-refractivity contribution in [1.29, 1.82) is 0 Å². The van der Waals surface area contributed by atoms with Crippen LogP contribution in [0.25, 0.3) is 10.4 Å². The Labute approximate surface area is 110 Å². The van der Waals surface area contributed by atoms with Gasteiger partial charge in [-0.3, -0.25) is 0 Å². The van der Waals surface area contributed by atoms with E-state index in [0.29, 0.717) is 0 Å². The van der Waals surface area contributed by atoms with Gasteiger partial charge in [0.05, 0.1) is 0 Å². The van der Waals surface area contributed by atoms with Crippen molar-refractivity contribution in [2.45, 2.75) is 20.3 Å². The Hall–Kier alpha value is -0.366. The van der Waals surface area contributed by atoms with E-state index in [1.807, 2.05) is 25.1 Å². The predicted molar refractivity (Wildman–Crippen MR) is 55.8 cm³/mol. The molecular formula is C10H14N3Y-. The third-order valence-electron chi connectivity index (χ3n) is 1.82. The van der Waals surface area contributed by atoms with Crippen LogP contribution in [-0.4, -0.2) is 0 Å². The van der Waals surface area contributed by atoms with Crippen LogP contribution < -0.4 is 0 Å². The topological polar surface area (TPSA) is 48.8 Å². The summed E-state index contributed by atoms with van der Waals surface area (Å²) in [6.45, 7) is 4.05. The van der Waals surface area contributed by atoms with Crippen LogP contribution in [0.3, 0.4) is 0 Å². The van der Waals surface area contributed by atoms with E-state index >= 15 is 0 Å². The molecule has 0 saturated heterocycles. The summed E-state index contributed by atoms with van der Waals surface area (Å²) in [5, 5.41) is 3.56. The minimum atomic E-state index is 0. The van der Waals surface area contributed by atoms with Crippen molar-refractivity contribution >= 4 is 5.69 Å². The fourth-order valence-corrected chi connectivity index (χ4v) is 1.10. The van der Waals surface area contributed by atoms with Crippen molar-refractivity contribution in [3.63, 3.8) is 0 Å². The normalized spacial score (nSPS) is 7.86. The molecule has 0 N–H and O–H groups in total. The van der Waals surface area contributed by atoms with Gasteiger partial charge in [0.15, 0.2) is 0 Å². The molecule has 1 aromatic carbocycles. The molecule has 0 fully saturated rings. The van der Waals surface area contributed by atoms with Crippen LogP contribution in [0.4, 0.5) is 5.69 Å². The van der Waals surface area contributed by atoms with Crippen LogP contribution in [0.2, 0.25) is 0 Å². The first-order valence-corrected chi connectivity index (χ1v) is 3.92. The quantitative estimate of drug-likeness (QED) is 0.336. The molecule has 1 aromatic rings. The fourth-order valence-electron chi connectivity index (χ4n) is 1.10. The molecule has 0 aliphatic rings. The molecular weight excluding hydrogens is 251 g/mol. The summed E-state index contributed by atoms with van der Waals surface area (Å²) in [5.41, 5.74) is 11.2. The average Bonchev–Trinajstić information content (AvgIpc) is 2.09. The van der Waals surface area contributed by atoms with E-state index in [2.05, 4.69) is 16.9 Å². The van der Waals surface area contributed by atoms with Gasteiger partial charge >= 0.3 is 0 Å². The molecule has 3 nitrogen and oxygen atoms in total. The van der Waals surface area contributed by atoms with Crippen LogP contribution in [0.1, 0.15) is 18.1 Å². The van der Waals surface area contributed by atoms with E-state index in [1.165, 1.54) is 5.56 Å². The van der Waals surface area contributed by atoms with Gasteiger partial charge in [-0.1, -0.05) is 30.2 Å². The van der Waals surface area contributed by atoms with Crippen molar-refractivity contribution < 1.29 is 32.7 Å². The second kappa shape index (κ2) is 7.98. The zero-order valence-corrected chi connectivity index (χ0v) is 11.7. The zero-order valence-electron chi connectivity index (χ0n) is 8.86. The van der Waals surface area contributed by atoms with E-state index in [9.17, 15) is 0 Å². The molecule has 0 spiro atoms. The number of nitrogens with zero attached hydrogens (tertiary/aromatic N) is 3. The van der Waals surface area contributed by atoms with Crippen LogP contribution in [0, 0.1) is 14.4 Å². The van der Waals surface area contributed by atoms with Crippen molar-refractivity contribution in [2.24, 2.45) is 5.11 Å². The van der Waals surface area contributed by atoms with Gasteiger partial charge in [-0.05, 0) is 30.0 Å². The summed E-state index contributed by atoms with van der Waals surface area (Å²) in [6, 6.07) is 5.88. The molecule has 0 unspecified atom stereocenters. The van der Waals surface area contributed by atoms with Gasteiger partial charge < -0.3 is 7.43 Å². The Bertz CT molecular complexity index is 330. The Kier molecular flexibility index (Phi) is 9.17. The Morgan fingerprint density at radius 3 is 2.50 bits per heavy atom. The van der Waals surface area contributed by atoms with Gasteiger partial charge in [0.1, 0.15) is 0 Å². The van der Waals surface area contributed by atoms with E-state index in [4.69, 9.17) is 5.53 Å². The van der Waals surface area contributed by atoms with Gasteiger partial charge in [-0.15, -0.1) is 0 Å². The minimum Gasteiger partial charge on any atom is -0.358 e. The Morgan fingerprint density at radius 1 is 1.43 bits per heavy atom. The summed E-state index contributed by atoms with van der Waals surface area (Å²) < 4.78 is 0. The monoisotopic (exact) mass is 265 g/mol. The first-order valence-electron chi connectivity index (χ1n) is 3.92. The molecule has 0 aliphatic carbocycles. The maximum Gasteiger partial charge on any atom is 0.0404 e. The molecule has 1 rings (SSSR count). The first kappa shape index (κ1) is 16.1. The van der Waals surface area contributed by atoms with Gasteiger partial charge in [0, 0.05) is 43.3 Å². The van der Waals surface area contributed by atoms with Gasteiger partial charge in [-0.25, -0.2) is 0 Å². The van der Waals surface area contributed by atoms with Gasteiger partial charge in [-0.2, -0.15) is 0 Å². The molecule has 4 heteroatoms. The number of azide groups is 1. The minimum absolute atomic E-state index is 0. The number of hydrogen-bond acceptors (Lipinski definition) is 1. The third-order valence-corrected chi connectivity index (χ3v) is 1.82. The van der Waals surface area contributed by atoms with Crippen LogP contribution in [0.5, 0.6) is 0 Å². The van der Waals surface area contributed by atoms with E-state index in [1.54, 1.807) is 0 Å². The summed E-state index contributed by atoms with van der Waals surface area (Å²) in [6.07, 6.45) is 1.01. The Morgan fingerprint density at radius 2 is 2.07 bits per heavy atom. The summed E-state index contributed by atoms with van der Waals surface area (Å²) in [4.78, 5) is 2.75. The van der Waals surface area contributed by atoms with Crippen molar-refractivity contribution in [3.05, 3.63) is 47.2 Å². The molecule has 0 bridgehead atoms. The number of rotatable bonds is 2. The predicted octanol–water partition coefficient (Wildman–Crippen LogP) is 3.95. The molecule has 0 heterocycles. The Balaban J connectivity index is 0. The maximum absolute atomic E-state index is 8.23. The van der Waals surface area contributed by atoms with Crippen LogP contribution >= 0.6 is 0 Å². The van der Waals surface area contributed by atoms with E-state index in [-0.39, 0.29) is 40.1 Å². The van der Waals surface area contributed by atoms with Crippen LogP contribution in [-0.2, 0) is 39.1 Å². The molecule has 0 atom stereocenters. The third kappa shape index (κ3) is 4.23. The van der Waals surface area contributed by atoms with Crippen molar-refractivity contribution in [1.82, 2.24) is 0 Å². The second-order valence-electron chi connectivity index (χ2n) is 2.66. The number of aryl methyl sites for hydroxylation is 2. The maximum atomic E-state index is 8.23. The number of hydrogen-bond donors (Lipinski definition) is 0. The smallest absolute Gasteiger partial charge is 0.0404 e. The molecule has 14 heavy (non-hydrogen) atoms. The second-order valence-corrected chi connectivity index (χ2v) is 2.66. The van der Waals surface area contributed by atoms with E-state index in [0.717, 1.165) is 17.7 Å².